The molecule has 0 fully saturated rings. The molecule has 3 aromatic rings. The Balaban J connectivity index is 1.44. The second-order valence-corrected chi connectivity index (χ2v) is 11.9. The topological polar surface area (TPSA) is 116 Å². The van der Waals surface area contributed by atoms with E-state index in [1.807, 2.05) is 0 Å². The van der Waals surface area contributed by atoms with Gasteiger partial charge in [-0.15, -0.1) is 0 Å². The Bertz CT molecular complexity index is 1330. The number of anilines is 4. The molecule has 0 spiro atoms. The van der Waals surface area contributed by atoms with Crippen LogP contribution in [0.5, 0.6) is 0 Å². The molecule has 1 unspecified atom stereocenters. The van der Waals surface area contributed by atoms with Gasteiger partial charge in [-0.25, -0.2) is 9.97 Å². The molecule has 10 heteroatoms. The van der Waals surface area contributed by atoms with Crippen LogP contribution >= 0.6 is 7.14 Å². The second-order valence-electron chi connectivity index (χ2n) is 8.75. The molecule has 2 aliphatic heterocycles. The summed E-state index contributed by atoms with van der Waals surface area (Å²) < 4.78 is 18.3. The van der Waals surface area contributed by atoms with Crippen LogP contribution in [0.3, 0.4) is 0 Å². The third-order valence-electron chi connectivity index (χ3n) is 5.73. The lowest BCUT2D eigenvalue weighted by Crippen LogP contribution is -2.29. The van der Waals surface area contributed by atoms with Crippen LogP contribution in [0.2, 0.25) is 0 Å². The highest BCUT2D eigenvalue weighted by Crippen LogP contribution is 2.40. The number of nitrogens with one attached hydrogen (secondary N) is 2. The quantitative estimate of drug-likeness (QED) is 0.551. The van der Waals surface area contributed by atoms with Gasteiger partial charge in [0, 0.05) is 18.8 Å². The maximum absolute atomic E-state index is 12.4. The summed E-state index contributed by atoms with van der Waals surface area (Å²) in [5, 5.41) is 15.9. The lowest BCUT2D eigenvalue weighted by molar-refractivity contribution is 0.0333. The molecule has 0 saturated heterocycles. The van der Waals surface area contributed by atoms with Crippen molar-refractivity contribution in [2.45, 2.75) is 19.3 Å². The number of nitrogens with zero attached hydrogens (tertiary/aromatic N) is 5. The van der Waals surface area contributed by atoms with Crippen molar-refractivity contribution in [1.82, 2.24) is 19.9 Å². The first-order valence-electron chi connectivity index (χ1n) is 10.6. The smallest absolute Gasteiger partial charge is 0.229 e. The minimum atomic E-state index is -2.52. The molecule has 1 aromatic carbocycles. The van der Waals surface area contributed by atoms with Crippen LogP contribution < -0.4 is 16.1 Å². The van der Waals surface area contributed by atoms with E-state index in [0.29, 0.717) is 29.6 Å². The van der Waals surface area contributed by atoms with Crippen molar-refractivity contribution in [2.24, 2.45) is 0 Å². The van der Waals surface area contributed by atoms with Gasteiger partial charge in [-0.2, -0.15) is 10.2 Å². The number of hydrogen-bond acceptors (Lipinski definition) is 9. The van der Waals surface area contributed by atoms with Crippen molar-refractivity contribution < 1.29 is 9.30 Å². The summed E-state index contributed by atoms with van der Waals surface area (Å²) >= 11 is 0. The van der Waals surface area contributed by atoms with Crippen LogP contribution in [-0.2, 0) is 22.5 Å². The molecular weight excluding hydrogens is 437 g/mol. The van der Waals surface area contributed by atoms with E-state index in [1.54, 1.807) is 31.5 Å². The number of ether oxygens (including phenoxy) is 1. The van der Waals surface area contributed by atoms with Crippen LogP contribution in [0.1, 0.15) is 28.4 Å². The molecule has 4 heterocycles. The average Bonchev–Trinajstić information content (AvgIpc) is 3.17. The SMILES string of the molecule is CN1Cc2cc(Nc3ncc(C#N)c(Nc4cccc(P(C)(C)=O)n4)n3)cc3c2C(C1)OC3. The molecule has 2 aromatic heterocycles. The maximum Gasteiger partial charge on any atom is 0.229 e. The molecule has 5 rings (SSSR count). The molecule has 1 atom stereocenters. The van der Waals surface area contributed by atoms with E-state index in [9.17, 15) is 9.83 Å². The molecule has 0 aliphatic carbocycles. The largest absolute Gasteiger partial charge is 0.367 e. The first-order valence-corrected chi connectivity index (χ1v) is 13.2. The zero-order chi connectivity index (χ0) is 23.2. The van der Waals surface area contributed by atoms with Gasteiger partial charge in [-0.1, -0.05) is 6.07 Å². The van der Waals surface area contributed by atoms with E-state index in [-0.39, 0.29) is 11.7 Å². The Morgan fingerprint density at radius 3 is 2.82 bits per heavy atom. The highest BCUT2D eigenvalue weighted by Gasteiger charge is 2.31. The van der Waals surface area contributed by atoms with Crippen LogP contribution in [0.15, 0.2) is 36.5 Å². The van der Waals surface area contributed by atoms with Gasteiger partial charge in [0.05, 0.1) is 18.9 Å². The fourth-order valence-electron chi connectivity index (χ4n) is 4.23. The van der Waals surface area contributed by atoms with Crippen molar-refractivity contribution in [2.75, 3.05) is 37.6 Å². The summed E-state index contributed by atoms with van der Waals surface area (Å²) in [7, 11) is -0.429. The maximum atomic E-state index is 12.4. The van der Waals surface area contributed by atoms with Crippen LogP contribution in [0.4, 0.5) is 23.3 Å². The minimum absolute atomic E-state index is 0.134. The zero-order valence-electron chi connectivity index (χ0n) is 18.7. The first-order chi connectivity index (χ1) is 15.8. The minimum Gasteiger partial charge on any atom is -0.367 e. The Kier molecular flexibility index (Phi) is 5.37. The summed E-state index contributed by atoms with van der Waals surface area (Å²) in [6.07, 6.45) is 1.60. The fraction of sp³-hybridized carbons (Fsp3) is 0.304. The number of benzene rings is 1. The van der Waals surface area contributed by atoms with E-state index in [4.69, 9.17) is 4.74 Å². The first kappa shape index (κ1) is 21.5. The van der Waals surface area contributed by atoms with Gasteiger partial charge in [-0.05, 0) is 61.3 Å². The number of hydrogen-bond donors (Lipinski definition) is 2. The van der Waals surface area contributed by atoms with Crippen molar-refractivity contribution in [1.29, 1.82) is 5.26 Å². The number of nitriles is 1. The van der Waals surface area contributed by atoms with Gasteiger partial charge in [0.2, 0.25) is 5.95 Å². The highest BCUT2D eigenvalue weighted by atomic mass is 31.2. The molecule has 168 valence electrons. The van der Waals surface area contributed by atoms with Gasteiger partial charge < -0.3 is 19.9 Å². The average molecular weight is 461 g/mol. The van der Waals surface area contributed by atoms with Crippen LogP contribution in [0.25, 0.3) is 0 Å². The predicted molar refractivity (Wildman–Crippen MR) is 127 cm³/mol. The summed E-state index contributed by atoms with van der Waals surface area (Å²) in [4.78, 5) is 15.5. The van der Waals surface area contributed by atoms with E-state index in [0.717, 1.165) is 18.8 Å². The van der Waals surface area contributed by atoms with Gasteiger partial charge in [0.15, 0.2) is 5.82 Å². The third kappa shape index (κ3) is 4.33. The number of pyridine rings is 1. The number of rotatable bonds is 5. The molecule has 0 radical (unpaired) electrons. The molecule has 33 heavy (non-hydrogen) atoms. The van der Waals surface area contributed by atoms with Crippen LogP contribution in [-0.4, -0.2) is 46.8 Å². The lowest BCUT2D eigenvalue weighted by Gasteiger charge is -2.29. The van der Waals surface area contributed by atoms with Crippen molar-refractivity contribution >= 4 is 35.8 Å². The summed E-state index contributed by atoms with van der Waals surface area (Å²) in [5.41, 5.74) is 5.39. The summed E-state index contributed by atoms with van der Waals surface area (Å²) in [5.74, 6) is 1.15. The molecular formula is C23H24N7O2P. The summed E-state index contributed by atoms with van der Waals surface area (Å²) in [6, 6.07) is 11.5. The van der Waals surface area contributed by atoms with Crippen molar-refractivity contribution in [3.05, 3.63) is 58.8 Å². The third-order valence-corrected chi connectivity index (χ3v) is 7.08. The highest BCUT2D eigenvalue weighted by molar-refractivity contribution is 7.69. The molecule has 0 bridgehead atoms. The van der Waals surface area contributed by atoms with Gasteiger partial charge >= 0.3 is 0 Å². The monoisotopic (exact) mass is 461 g/mol. The normalized spacial score (nSPS) is 17.3. The number of likely N-dealkylation sites (N-methyl/N-ethyl adjacent to an activating group) is 1. The number of aromatic nitrogens is 3. The fourth-order valence-corrected chi connectivity index (χ4v) is 5.03. The van der Waals surface area contributed by atoms with E-state index >= 15 is 0 Å². The Hall–Kier alpha value is -3.31. The van der Waals surface area contributed by atoms with Gasteiger partial charge in [0.1, 0.15) is 30.0 Å². The van der Waals surface area contributed by atoms with Crippen LogP contribution in [0, 0.1) is 11.3 Å². The van der Waals surface area contributed by atoms with Gasteiger partial charge in [0.25, 0.3) is 0 Å². The standard InChI is InChI=1S/C23H24N7O2P/c1-30-11-14-7-17(8-15-13-32-18(12-30)21(14)15)26-23-25-10-16(9-24)22(29-23)28-19-5-4-6-20(27-19)33(2,3)31/h4-8,10,18H,11-13H2,1-3H3,(H2,25,26,27,28,29). The van der Waals surface area contributed by atoms with Crippen molar-refractivity contribution in [3.8, 4) is 6.07 Å². The molecule has 0 amide bonds. The predicted octanol–water partition coefficient (Wildman–Crippen LogP) is 3.50. The van der Waals surface area contributed by atoms with Gasteiger partial charge in [-0.3, -0.25) is 4.90 Å². The molecule has 2 aliphatic rings. The Morgan fingerprint density at radius 2 is 2.03 bits per heavy atom. The van der Waals surface area contributed by atoms with E-state index in [1.165, 1.54) is 22.9 Å². The Labute approximate surface area is 192 Å². The summed E-state index contributed by atoms with van der Waals surface area (Å²) in [6.45, 7) is 5.70. The molecule has 0 saturated carbocycles. The van der Waals surface area contributed by atoms with E-state index in [2.05, 4.69) is 55.7 Å². The Morgan fingerprint density at radius 1 is 1.21 bits per heavy atom. The molecule has 2 N–H and O–H groups in total. The van der Waals surface area contributed by atoms with Crippen molar-refractivity contribution in [3.63, 3.8) is 0 Å². The zero-order valence-corrected chi connectivity index (χ0v) is 19.6. The van der Waals surface area contributed by atoms with E-state index < -0.39 is 7.14 Å². The lowest BCUT2D eigenvalue weighted by atomic mass is 9.94. The second kappa shape index (κ2) is 8.23. The molecule has 9 nitrogen and oxygen atoms in total.